The minimum atomic E-state index is -5.19. The molecule has 2 saturated carbocycles. The van der Waals surface area contributed by atoms with Crippen LogP contribution in [0.3, 0.4) is 0 Å². The fourth-order valence-corrected chi connectivity index (χ4v) is 6.92. The average molecular weight is 612 g/mol. The summed E-state index contributed by atoms with van der Waals surface area (Å²) < 4.78 is 31.5. The molecule has 1 aromatic carbocycles. The minimum Gasteiger partial charge on any atom is -0.542 e. The number of phenolic OH excluding ortho intramolecular Hbond substituents is 1. The lowest BCUT2D eigenvalue weighted by Crippen LogP contribution is -2.47. The molecule has 240 valence electrons. The molecule has 2 aliphatic heterocycles. The Bertz CT molecular complexity index is 1070. The van der Waals surface area contributed by atoms with Gasteiger partial charge in [-0.2, -0.15) is 13.2 Å². The Labute approximate surface area is 250 Å². The molecule has 4 fully saturated rings. The Kier molecular flexibility index (Phi) is 11.0. The first-order valence-corrected chi connectivity index (χ1v) is 15.6. The van der Waals surface area contributed by atoms with Crippen LogP contribution in [0.1, 0.15) is 113 Å². The summed E-state index contributed by atoms with van der Waals surface area (Å²) in [5, 5.41) is 26.3. The van der Waals surface area contributed by atoms with Crippen LogP contribution in [-0.2, 0) is 4.79 Å². The van der Waals surface area contributed by atoms with Crippen molar-refractivity contribution in [1.82, 2.24) is 20.4 Å². The zero-order valence-electron chi connectivity index (χ0n) is 24.6. The number of benzene rings is 1. The average Bonchev–Trinajstić information content (AvgIpc) is 3.65. The second-order valence-electron chi connectivity index (χ2n) is 12.2. The second kappa shape index (κ2) is 14.5. The van der Waals surface area contributed by atoms with Crippen LogP contribution in [0.15, 0.2) is 12.1 Å². The number of halogens is 3. The van der Waals surface area contributed by atoms with E-state index in [1.165, 1.54) is 38.5 Å². The molecule has 10 nitrogen and oxygen atoms in total. The van der Waals surface area contributed by atoms with E-state index in [0.29, 0.717) is 6.54 Å². The molecule has 4 aliphatic rings. The lowest BCUT2D eigenvalue weighted by molar-refractivity contribution is -0.344. The number of hydrogen-bond donors (Lipinski definition) is 4. The Morgan fingerprint density at radius 1 is 0.744 bits per heavy atom. The maximum absolute atomic E-state index is 13.2. The van der Waals surface area contributed by atoms with Gasteiger partial charge in [-0.15, -0.1) is 0 Å². The Hall–Kier alpha value is -3.22. The van der Waals surface area contributed by atoms with Gasteiger partial charge in [-0.05, 0) is 57.4 Å². The van der Waals surface area contributed by atoms with Gasteiger partial charge in [0, 0.05) is 42.4 Å². The van der Waals surface area contributed by atoms with E-state index in [4.69, 9.17) is 9.90 Å². The summed E-state index contributed by atoms with van der Waals surface area (Å²) in [7, 11) is 0. The number of aromatic hydroxyl groups is 1. The number of carbonyl (C=O) groups is 3. The van der Waals surface area contributed by atoms with Gasteiger partial charge in [0.1, 0.15) is 17.4 Å². The molecule has 0 spiro atoms. The first kappa shape index (κ1) is 32.7. The third-order valence-electron chi connectivity index (χ3n) is 9.13. The van der Waals surface area contributed by atoms with E-state index in [9.17, 15) is 27.9 Å². The molecule has 2 aliphatic carbocycles. The van der Waals surface area contributed by atoms with Crippen LogP contribution >= 0.6 is 0 Å². The number of quaternary nitrogens is 1. The zero-order valence-corrected chi connectivity index (χ0v) is 24.6. The minimum absolute atomic E-state index is 0.0154. The molecular weight excluding hydrogens is 567 g/mol. The molecule has 2 heterocycles. The first-order chi connectivity index (χ1) is 20.5. The van der Waals surface area contributed by atoms with Gasteiger partial charge in [0.2, 0.25) is 0 Å². The molecule has 6 N–H and O–H groups in total. The molecule has 1 aromatic rings. The van der Waals surface area contributed by atoms with E-state index >= 15 is 0 Å². The number of hydrogen-bond acceptors (Lipinski definition) is 5. The normalized spacial score (nSPS) is 23.4. The Balaban J connectivity index is 0.000000541. The van der Waals surface area contributed by atoms with Gasteiger partial charge < -0.3 is 41.2 Å². The van der Waals surface area contributed by atoms with Crippen LogP contribution in [0, 0.1) is 0 Å². The highest BCUT2D eigenvalue weighted by Gasteiger charge is 2.37. The number of carbonyl (C=O) groups excluding carboxylic acids is 3. The topological polar surface area (TPSA) is 153 Å². The van der Waals surface area contributed by atoms with Crippen LogP contribution in [0.2, 0.25) is 0 Å². The Morgan fingerprint density at radius 3 is 1.58 bits per heavy atom. The zero-order chi connectivity index (χ0) is 31.1. The monoisotopic (exact) mass is 611 g/mol. The van der Waals surface area contributed by atoms with Crippen molar-refractivity contribution in [3.8, 4) is 5.75 Å². The first-order valence-electron chi connectivity index (χ1n) is 15.6. The smallest absolute Gasteiger partial charge is 0.430 e. The number of aliphatic carboxylic acids is 1. The van der Waals surface area contributed by atoms with E-state index in [0.717, 1.165) is 74.7 Å². The van der Waals surface area contributed by atoms with Crippen molar-refractivity contribution in [2.45, 2.75) is 120 Å². The quantitative estimate of drug-likeness (QED) is 0.407. The molecule has 43 heavy (non-hydrogen) atoms. The van der Waals surface area contributed by atoms with E-state index < -0.39 is 12.1 Å². The maximum atomic E-state index is 13.2. The van der Waals surface area contributed by atoms with Crippen LogP contribution in [-0.4, -0.2) is 64.3 Å². The van der Waals surface area contributed by atoms with Crippen molar-refractivity contribution >= 4 is 23.7 Å². The second-order valence-corrected chi connectivity index (χ2v) is 12.2. The fraction of sp³-hybridized carbons (Fsp3) is 0.700. The van der Waals surface area contributed by atoms with Crippen molar-refractivity contribution in [2.75, 3.05) is 13.1 Å². The van der Waals surface area contributed by atoms with Gasteiger partial charge in [0.05, 0.1) is 12.1 Å². The van der Waals surface area contributed by atoms with Crippen LogP contribution in [0.5, 0.6) is 5.75 Å². The Morgan fingerprint density at radius 2 is 1.16 bits per heavy atom. The molecule has 2 unspecified atom stereocenters. The summed E-state index contributed by atoms with van der Waals surface area (Å²) in [6.45, 7) is 1.43. The van der Waals surface area contributed by atoms with Crippen LogP contribution < -0.4 is 21.5 Å². The summed E-state index contributed by atoms with van der Waals surface area (Å²) in [4.78, 5) is 39.1. The molecule has 13 heteroatoms. The molecule has 0 radical (unpaired) electrons. The SMILES string of the molecule is O=C([O-])C(F)(F)F.[NH3+]c1cc(O)c(C2CCCN2C(=O)NC2CCCCC2)cc1C1CCCN1C(=O)NC1CCCCC1. The van der Waals surface area contributed by atoms with Crippen LogP contribution in [0.4, 0.5) is 28.4 Å². The van der Waals surface area contributed by atoms with Gasteiger partial charge >= 0.3 is 18.2 Å². The predicted molar refractivity (Wildman–Crippen MR) is 150 cm³/mol. The highest BCUT2D eigenvalue weighted by Crippen LogP contribution is 2.42. The molecule has 2 atom stereocenters. The third kappa shape index (κ3) is 8.45. The van der Waals surface area contributed by atoms with Crippen molar-refractivity contribution in [2.24, 2.45) is 0 Å². The van der Waals surface area contributed by atoms with E-state index in [2.05, 4.69) is 16.4 Å². The number of alkyl halides is 3. The van der Waals surface area contributed by atoms with E-state index in [1.807, 2.05) is 15.9 Å². The van der Waals surface area contributed by atoms with Crippen molar-refractivity contribution in [1.29, 1.82) is 0 Å². The van der Waals surface area contributed by atoms with Crippen molar-refractivity contribution < 1.29 is 43.5 Å². The highest BCUT2D eigenvalue weighted by atomic mass is 19.4. The maximum Gasteiger partial charge on any atom is 0.430 e. The molecule has 4 amide bonds. The number of nitrogens with zero attached hydrogens (tertiary/aromatic N) is 2. The lowest BCUT2D eigenvalue weighted by atomic mass is 9.94. The molecule has 2 saturated heterocycles. The van der Waals surface area contributed by atoms with E-state index in [1.54, 1.807) is 6.07 Å². The van der Waals surface area contributed by atoms with Gasteiger partial charge in [-0.3, -0.25) is 0 Å². The van der Waals surface area contributed by atoms with Gasteiger partial charge in [-0.25, -0.2) is 9.59 Å². The number of nitrogens with one attached hydrogen (secondary N) is 2. The number of rotatable bonds is 4. The largest absolute Gasteiger partial charge is 0.542 e. The summed E-state index contributed by atoms with van der Waals surface area (Å²) >= 11 is 0. The number of amides is 4. The molecule has 5 rings (SSSR count). The number of phenols is 1. The summed E-state index contributed by atoms with van der Waals surface area (Å²) in [5.41, 5.74) is 6.77. The summed E-state index contributed by atoms with van der Waals surface area (Å²) in [5.74, 6) is -2.81. The van der Waals surface area contributed by atoms with Crippen molar-refractivity contribution in [3.63, 3.8) is 0 Å². The van der Waals surface area contributed by atoms with Gasteiger partial charge in [0.15, 0.2) is 0 Å². The number of carboxylic acids is 1. The highest BCUT2D eigenvalue weighted by molar-refractivity contribution is 5.77. The number of likely N-dealkylation sites (tertiary alicyclic amines) is 2. The molecule has 0 bridgehead atoms. The number of urea groups is 2. The molecule has 0 aromatic heterocycles. The molecular formula is C30H44F3N5O5. The standard InChI is InChI=1S/C28H43N5O3.C2HF3O2/c29-23-18-26(34)22(25-14-8-16-33(25)28(36)31-20-11-5-2-6-12-20)17-21(23)24-13-7-15-32(24)27(35)30-19-9-3-1-4-10-19;3-2(4,5)1(6)7/h17-20,24-25,34H,1-16,29H2,(H,30,35)(H,31,36);(H,6,7). The summed E-state index contributed by atoms with van der Waals surface area (Å²) in [6, 6.07) is 4.10. The van der Waals surface area contributed by atoms with Gasteiger partial charge in [-0.1, -0.05) is 38.5 Å². The number of carboxylic acid groups (broad SMARTS) is 1. The summed E-state index contributed by atoms with van der Waals surface area (Å²) in [6.07, 6.45) is 9.87. The van der Waals surface area contributed by atoms with E-state index in [-0.39, 0.29) is 42.0 Å². The lowest BCUT2D eigenvalue weighted by Gasteiger charge is -2.31. The van der Waals surface area contributed by atoms with Crippen molar-refractivity contribution in [3.05, 3.63) is 23.3 Å². The fourth-order valence-electron chi connectivity index (χ4n) is 6.92. The van der Waals surface area contributed by atoms with Gasteiger partial charge in [0.25, 0.3) is 0 Å². The van der Waals surface area contributed by atoms with Crippen LogP contribution in [0.25, 0.3) is 0 Å². The third-order valence-corrected chi connectivity index (χ3v) is 9.13. The predicted octanol–water partition coefficient (Wildman–Crippen LogP) is 3.92.